The van der Waals surface area contributed by atoms with E-state index in [0.717, 1.165) is 40.2 Å². The van der Waals surface area contributed by atoms with Gasteiger partial charge in [0.2, 0.25) is 5.91 Å². The molecule has 2 unspecified atom stereocenters. The average Bonchev–Trinajstić information content (AvgIpc) is 2.96. The largest absolute Gasteiger partial charge is 0.496 e. The molecule has 0 bridgehead atoms. The molecule has 0 spiro atoms. The van der Waals surface area contributed by atoms with Crippen molar-refractivity contribution in [3.8, 4) is 5.75 Å². The number of ether oxygens (including phenoxy) is 1. The molecule has 0 saturated heterocycles. The number of primary amides is 1. The first-order valence-electron chi connectivity index (χ1n) is 8.10. The van der Waals surface area contributed by atoms with Crippen molar-refractivity contribution in [3.63, 3.8) is 0 Å². The number of carbonyl (C=O) groups is 1. The van der Waals surface area contributed by atoms with Gasteiger partial charge < -0.3 is 10.5 Å². The molecule has 4 nitrogen and oxygen atoms in total. The van der Waals surface area contributed by atoms with E-state index in [0.29, 0.717) is 0 Å². The van der Waals surface area contributed by atoms with Crippen molar-refractivity contribution in [2.24, 2.45) is 16.1 Å². The van der Waals surface area contributed by atoms with Crippen molar-refractivity contribution < 1.29 is 9.53 Å². The molecule has 126 valence electrons. The van der Waals surface area contributed by atoms with Gasteiger partial charge in [0.05, 0.1) is 7.11 Å². The fourth-order valence-electron chi connectivity index (χ4n) is 3.58. The van der Waals surface area contributed by atoms with Gasteiger partial charge in [-0.2, -0.15) is 0 Å². The Balaban J connectivity index is 2.28. The third kappa shape index (κ3) is 2.67. The molecule has 3 rings (SSSR count). The second kappa shape index (κ2) is 6.48. The van der Waals surface area contributed by atoms with Crippen LogP contribution in [0.2, 0.25) is 0 Å². The minimum Gasteiger partial charge on any atom is -0.496 e. The van der Waals surface area contributed by atoms with Crippen LogP contribution in [0, 0.1) is 5.41 Å². The molecule has 1 aromatic rings. The Morgan fingerprint density at radius 2 is 2.17 bits per heavy atom. The van der Waals surface area contributed by atoms with E-state index in [2.05, 4.69) is 18.8 Å². The molecule has 1 aromatic carbocycles. The number of methoxy groups -OCH3 is 1. The Morgan fingerprint density at radius 1 is 1.42 bits per heavy atom. The van der Waals surface area contributed by atoms with Crippen molar-refractivity contribution >= 4 is 29.5 Å². The fraction of sp³-hybridized carbons (Fsp3) is 0.368. The molecule has 0 saturated carbocycles. The molecule has 2 heterocycles. The molecule has 2 aliphatic heterocycles. The lowest BCUT2D eigenvalue weighted by atomic mass is 9.74. The number of hydrogen-bond donors (Lipinski definition) is 1. The van der Waals surface area contributed by atoms with Crippen LogP contribution in [0.3, 0.4) is 0 Å². The highest BCUT2D eigenvalue weighted by molar-refractivity contribution is 8.05. The summed E-state index contributed by atoms with van der Waals surface area (Å²) in [6.07, 6.45) is 5.84. The number of allylic oxidation sites excluding steroid dienone is 1. The van der Waals surface area contributed by atoms with Gasteiger partial charge in [-0.25, -0.2) is 0 Å². The summed E-state index contributed by atoms with van der Waals surface area (Å²) in [7, 11) is 1.65. The highest BCUT2D eigenvalue weighted by Gasteiger charge is 2.44. The van der Waals surface area contributed by atoms with Gasteiger partial charge in [-0.3, -0.25) is 9.79 Å². The third-order valence-corrected chi connectivity index (χ3v) is 5.84. The van der Waals surface area contributed by atoms with Gasteiger partial charge >= 0.3 is 0 Å². The minimum atomic E-state index is -0.416. The van der Waals surface area contributed by atoms with Crippen LogP contribution in [-0.4, -0.2) is 24.5 Å². The number of thioether (sulfide) groups is 1. The summed E-state index contributed by atoms with van der Waals surface area (Å²) in [4.78, 5) is 17.6. The van der Waals surface area contributed by atoms with E-state index in [1.165, 1.54) is 11.8 Å². The number of para-hydroxylation sites is 1. The normalized spacial score (nSPS) is 25.5. The molecule has 1 amide bonds. The highest BCUT2D eigenvalue weighted by Crippen LogP contribution is 2.56. The zero-order valence-electron chi connectivity index (χ0n) is 14.2. The van der Waals surface area contributed by atoms with E-state index in [-0.39, 0.29) is 11.3 Å². The van der Waals surface area contributed by atoms with Crippen molar-refractivity contribution in [2.45, 2.75) is 31.9 Å². The van der Waals surface area contributed by atoms with Gasteiger partial charge in [0.15, 0.2) is 0 Å². The lowest BCUT2D eigenvalue weighted by Crippen LogP contribution is -2.27. The number of hydrogen-bond acceptors (Lipinski definition) is 4. The van der Waals surface area contributed by atoms with E-state index in [9.17, 15) is 4.79 Å². The molecule has 2 N–H and O–H groups in total. The Morgan fingerprint density at radius 3 is 2.83 bits per heavy atom. The Bertz CT molecular complexity index is 766. The van der Waals surface area contributed by atoms with E-state index in [1.807, 2.05) is 36.7 Å². The van der Waals surface area contributed by atoms with Crippen LogP contribution in [0.15, 0.2) is 45.9 Å². The summed E-state index contributed by atoms with van der Waals surface area (Å²) in [6.45, 7) is 4.34. The van der Waals surface area contributed by atoms with Crippen molar-refractivity contribution in [2.75, 3.05) is 7.11 Å². The molecule has 0 aromatic heterocycles. The number of nitrogens with zero attached hydrogens (tertiary/aromatic N) is 1. The van der Waals surface area contributed by atoms with Crippen molar-refractivity contribution in [1.82, 2.24) is 0 Å². The molecule has 0 aliphatic carbocycles. The second-order valence-electron chi connectivity index (χ2n) is 6.33. The quantitative estimate of drug-likeness (QED) is 0.885. The van der Waals surface area contributed by atoms with Crippen LogP contribution < -0.4 is 10.5 Å². The molecule has 5 heteroatoms. The van der Waals surface area contributed by atoms with Crippen molar-refractivity contribution in [1.29, 1.82) is 0 Å². The molecule has 2 aliphatic rings. The number of benzene rings is 1. The van der Waals surface area contributed by atoms with E-state index in [1.54, 1.807) is 7.11 Å². The van der Waals surface area contributed by atoms with Gasteiger partial charge in [0.25, 0.3) is 0 Å². The lowest BCUT2D eigenvalue weighted by molar-refractivity contribution is -0.116. The maximum Gasteiger partial charge on any atom is 0.235 e. The third-order valence-electron chi connectivity index (χ3n) is 4.57. The van der Waals surface area contributed by atoms with Crippen molar-refractivity contribution in [3.05, 3.63) is 46.5 Å². The Hall–Kier alpha value is -2.01. The maximum absolute atomic E-state index is 12.2. The first-order valence-corrected chi connectivity index (χ1v) is 8.98. The van der Waals surface area contributed by atoms with Gasteiger partial charge in [-0.05, 0) is 23.6 Å². The van der Waals surface area contributed by atoms with Crippen LogP contribution in [0.4, 0.5) is 0 Å². The van der Waals surface area contributed by atoms with E-state index in [4.69, 9.17) is 10.5 Å². The van der Waals surface area contributed by atoms with Gasteiger partial charge in [-0.15, -0.1) is 11.8 Å². The molecule has 0 radical (unpaired) electrons. The van der Waals surface area contributed by atoms with Crippen LogP contribution in [0.5, 0.6) is 5.75 Å². The number of fused-ring (bicyclic) bond motifs is 1. The predicted molar refractivity (Wildman–Crippen MR) is 100 cm³/mol. The summed E-state index contributed by atoms with van der Waals surface area (Å²) >= 11 is 1.50. The monoisotopic (exact) mass is 342 g/mol. The number of carbonyl (C=O) groups excluding carboxylic acids is 1. The molecule has 24 heavy (non-hydrogen) atoms. The zero-order chi connectivity index (χ0) is 17.3. The summed E-state index contributed by atoms with van der Waals surface area (Å²) in [6, 6.07) is 7.81. The summed E-state index contributed by atoms with van der Waals surface area (Å²) in [5.41, 5.74) is 8.60. The van der Waals surface area contributed by atoms with E-state index < -0.39 is 5.25 Å². The molecule has 2 atom stereocenters. The van der Waals surface area contributed by atoms with E-state index >= 15 is 0 Å². The number of nitrogens with two attached hydrogens (primary N) is 1. The first kappa shape index (κ1) is 16.8. The van der Waals surface area contributed by atoms with Gasteiger partial charge in [-0.1, -0.05) is 38.5 Å². The highest BCUT2D eigenvalue weighted by atomic mass is 32.2. The molecular formula is C19H22N2O2S. The summed E-state index contributed by atoms with van der Waals surface area (Å²) in [5.74, 6) is 0.428. The molecular weight excluding hydrogens is 320 g/mol. The lowest BCUT2D eigenvalue weighted by Gasteiger charge is -2.31. The minimum absolute atomic E-state index is 0.202. The molecule has 0 fully saturated rings. The second-order valence-corrected chi connectivity index (χ2v) is 7.48. The van der Waals surface area contributed by atoms with Gasteiger partial charge in [0, 0.05) is 28.3 Å². The number of amides is 1. The standard InChI is InChI=1S/C19H22N2O2S/c1-4-9-19(2)11-21-10-14-16(19)15(17(24-14)18(20)22)12-7-5-6-8-13(12)23-3/h5-8,10-11,17H,4,9H2,1-3H3,(H2,20,22). The van der Waals surface area contributed by atoms with Crippen LogP contribution in [0.25, 0.3) is 5.57 Å². The zero-order valence-corrected chi connectivity index (χ0v) is 15.0. The maximum atomic E-state index is 12.2. The van der Waals surface area contributed by atoms with Crippen LogP contribution in [-0.2, 0) is 4.79 Å². The number of aliphatic imine (C=N–C) groups is 1. The first-order chi connectivity index (χ1) is 11.5. The van der Waals surface area contributed by atoms with Crippen LogP contribution >= 0.6 is 11.8 Å². The van der Waals surface area contributed by atoms with Crippen LogP contribution in [0.1, 0.15) is 32.3 Å². The number of rotatable bonds is 5. The topological polar surface area (TPSA) is 64.7 Å². The fourth-order valence-corrected chi connectivity index (χ4v) is 4.89. The predicted octanol–water partition coefficient (Wildman–Crippen LogP) is 3.78. The smallest absolute Gasteiger partial charge is 0.235 e. The van der Waals surface area contributed by atoms with Gasteiger partial charge in [0.1, 0.15) is 11.0 Å². The Kier molecular flexibility index (Phi) is 4.54. The Labute approximate surface area is 146 Å². The summed E-state index contributed by atoms with van der Waals surface area (Å²) < 4.78 is 5.55. The average molecular weight is 342 g/mol. The summed E-state index contributed by atoms with van der Waals surface area (Å²) in [5, 5.41) is -0.416. The SMILES string of the molecule is CCCC1(C)C=NC=C2SC(C(N)=O)C(c3ccccc3OC)=C21.